The van der Waals surface area contributed by atoms with Crippen LogP contribution in [0.4, 0.5) is 0 Å². The third-order valence-corrected chi connectivity index (χ3v) is 6.40. The third kappa shape index (κ3) is 4.22. The minimum Gasteiger partial charge on any atom is -0.0654 e. The van der Waals surface area contributed by atoms with Crippen molar-refractivity contribution in [3.05, 3.63) is 94.5 Å². The van der Waals surface area contributed by atoms with Gasteiger partial charge in [-0.2, -0.15) is 0 Å². The van der Waals surface area contributed by atoms with Gasteiger partial charge in [-0.3, -0.25) is 0 Å². The number of fused-ring (bicyclic) bond motifs is 1. The summed E-state index contributed by atoms with van der Waals surface area (Å²) in [5, 5.41) is 0. The van der Waals surface area contributed by atoms with Crippen molar-refractivity contribution in [2.75, 3.05) is 0 Å². The van der Waals surface area contributed by atoms with E-state index in [4.69, 9.17) is 0 Å². The van der Waals surface area contributed by atoms with Crippen LogP contribution in [0, 0.1) is 0 Å². The molecule has 0 heterocycles. The van der Waals surface area contributed by atoms with Gasteiger partial charge in [0.25, 0.3) is 0 Å². The number of rotatable bonds is 6. The molecular weight excluding hydrogens is 336 g/mol. The Balaban J connectivity index is 1.49. The monoisotopic (exact) mass is 368 g/mol. The van der Waals surface area contributed by atoms with Crippen molar-refractivity contribution in [1.82, 2.24) is 0 Å². The molecule has 0 bridgehead atoms. The van der Waals surface area contributed by atoms with Gasteiger partial charge in [-0.1, -0.05) is 87.0 Å². The molecular formula is C28H32. The average Bonchev–Trinajstić information content (AvgIpc) is 2.77. The summed E-state index contributed by atoms with van der Waals surface area (Å²) < 4.78 is 0. The van der Waals surface area contributed by atoms with E-state index in [-0.39, 0.29) is 0 Å². The highest BCUT2D eigenvalue weighted by molar-refractivity contribution is 5.65. The largest absolute Gasteiger partial charge is 0.0654 e. The van der Waals surface area contributed by atoms with Gasteiger partial charge in [0.1, 0.15) is 0 Å². The van der Waals surface area contributed by atoms with Gasteiger partial charge in [0.2, 0.25) is 0 Å². The molecule has 0 aromatic heterocycles. The second kappa shape index (κ2) is 8.78. The first-order chi connectivity index (χ1) is 13.8. The van der Waals surface area contributed by atoms with E-state index in [9.17, 15) is 0 Å². The number of aryl methyl sites for hydroxylation is 3. The van der Waals surface area contributed by atoms with E-state index in [0.29, 0.717) is 5.92 Å². The molecule has 0 fully saturated rings. The maximum Gasteiger partial charge on any atom is -0.0118 e. The number of benzene rings is 3. The fourth-order valence-corrected chi connectivity index (χ4v) is 4.49. The zero-order valence-corrected chi connectivity index (χ0v) is 17.4. The second-order valence-electron chi connectivity index (χ2n) is 8.32. The topological polar surface area (TPSA) is 0 Å². The van der Waals surface area contributed by atoms with Crippen LogP contribution in [0.2, 0.25) is 0 Å². The minimum atomic E-state index is 0.669. The first kappa shape index (κ1) is 19.0. The molecule has 0 spiro atoms. The molecule has 1 aliphatic carbocycles. The molecule has 0 radical (unpaired) electrons. The Morgan fingerprint density at radius 3 is 2.18 bits per heavy atom. The molecule has 3 aromatic rings. The normalized spacial score (nSPS) is 16.0. The summed E-state index contributed by atoms with van der Waals surface area (Å²) >= 11 is 0. The average molecular weight is 369 g/mol. The maximum atomic E-state index is 2.44. The lowest BCUT2D eigenvalue weighted by Gasteiger charge is -2.26. The molecule has 28 heavy (non-hydrogen) atoms. The highest BCUT2D eigenvalue weighted by atomic mass is 14.2. The lowest BCUT2D eigenvalue weighted by atomic mass is 9.79. The molecule has 0 nitrogen and oxygen atoms in total. The smallest absolute Gasteiger partial charge is 0.0118 e. The molecule has 1 atom stereocenters. The summed E-state index contributed by atoms with van der Waals surface area (Å²) in [5.41, 5.74) is 10.2. The van der Waals surface area contributed by atoms with Gasteiger partial charge >= 0.3 is 0 Å². The minimum absolute atomic E-state index is 0.669. The Hall–Kier alpha value is -2.34. The van der Waals surface area contributed by atoms with E-state index < -0.39 is 0 Å². The lowest BCUT2D eigenvalue weighted by molar-refractivity contribution is 0.585. The summed E-state index contributed by atoms with van der Waals surface area (Å²) in [6.07, 6.45) is 8.49. The number of unbranched alkanes of at least 4 members (excludes halogenated alkanes) is 1. The molecule has 0 saturated carbocycles. The van der Waals surface area contributed by atoms with Crippen LogP contribution in [0.25, 0.3) is 11.1 Å². The SMILES string of the molecule is CCCCc1ccc(-c2ccc3c(c2)CCC(c2ccc(CC)cc2)C3)cc1. The Kier molecular flexibility index (Phi) is 5.95. The predicted molar refractivity (Wildman–Crippen MR) is 121 cm³/mol. The fraction of sp³-hybridized carbons (Fsp3) is 0.357. The van der Waals surface area contributed by atoms with E-state index in [0.717, 1.165) is 6.42 Å². The standard InChI is InChI=1S/C28H32/c1-3-5-6-22-9-13-24(14-10-22)26-16-18-27-19-25(15-17-28(27)20-26)23-11-7-21(4-2)8-12-23/h7-14,16,18,20,25H,3-6,15,17,19H2,1-2H3. The van der Waals surface area contributed by atoms with Gasteiger partial charge in [-0.25, -0.2) is 0 Å². The Bertz CT molecular complexity index is 900. The molecule has 1 unspecified atom stereocenters. The van der Waals surface area contributed by atoms with Gasteiger partial charge in [-0.05, 0) is 83.4 Å². The van der Waals surface area contributed by atoms with Crippen LogP contribution in [-0.2, 0) is 25.7 Å². The van der Waals surface area contributed by atoms with Crippen molar-refractivity contribution in [2.45, 2.75) is 64.7 Å². The number of hydrogen-bond acceptors (Lipinski definition) is 0. The van der Waals surface area contributed by atoms with Gasteiger partial charge in [0.05, 0.1) is 0 Å². The van der Waals surface area contributed by atoms with Crippen molar-refractivity contribution < 1.29 is 0 Å². The molecule has 4 rings (SSSR count). The molecule has 144 valence electrons. The summed E-state index contributed by atoms with van der Waals surface area (Å²) in [6.45, 7) is 4.48. The van der Waals surface area contributed by atoms with Crippen LogP contribution in [-0.4, -0.2) is 0 Å². The molecule has 0 heteroatoms. The van der Waals surface area contributed by atoms with E-state index >= 15 is 0 Å². The van der Waals surface area contributed by atoms with Crippen LogP contribution >= 0.6 is 0 Å². The van der Waals surface area contributed by atoms with Crippen LogP contribution in [0.3, 0.4) is 0 Å². The second-order valence-corrected chi connectivity index (χ2v) is 8.32. The highest BCUT2D eigenvalue weighted by Crippen LogP contribution is 2.35. The summed E-state index contributed by atoms with van der Waals surface area (Å²) in [4.78, 5) is 0. The highest BCUT2D eigenvalue weighted by Gasteiger charge is 2.20. The lowest BCUT2D eigenvalue weighted by Crippen LogP contribution is -2.12. The van der Waals surface area contributed by atoms with Gasteiger partial charge < -0.3 is 0 Å². The molecule has 3 aromatic carbocycles. The Morgan fingerprint density at radius 2 is 1.46 bits per heavy atom. The van der Waals surface area contributed by atoms with Crippen molar-refractivity contribution in [3.63, 3.8) is 0 Å². The zero-order chi connectivity index (χ0) is 19.3. The van der Waals surface area contributed by atoms with E-state index in [2.05, 4.69) is 80.6 Å². The fourth-order valence-electron chi connectivity index (χ4n) is 4.49. The summed E-state index contributed by atoms with van der Waals surface area (Å²) in [5.74, 6) is 0.669. The van der Waals surface area contributed by atoms with Crippen molar-refractivity contribution in [3.8, 4) is 11.1 Å². The molecule has 0 N–H and O–H groups in total. The van der Waals surface area contributed by atoms with Gasteiger partial charge in [-0.15, -0.1) is 0 Å². The van der Waals surface area contributed by atoms with E-state index in [1.165, 1.54) is 66.3 Å². The molecule has 0 amide bonds. The summed E-state index contributed by atoms with van der Waals surface area (Å²) in [6, 6.07) is 25.7. The van der Waals surface area contributed by atoms with Crippen LogP contribution in [0.15, 0.2) is 66.7 Å². The molecule has 1 aliphatic rings. The van der Waals surface area contributed by atoms with Crippen molar-refractivity contribution in [1.29, 1.82) is 0 Å². The van der Waals surface area contributed by atoms with Crippen molar-refractivity contribution in [2.24, 2.45) is 0 Å². The van der Waals surface area contributed by atoms with Gasteiger partial charge in [0, 0.05) is 0 Å². The van der Waals surface area contributed by atoms with Gasteiger partial charge in [0.15, 0.2) is 0 Å². The van der Waals surface area contributed by atoms with Crippen LogP contribution in [0.5, 0.6) is 0 Å². The first-order valence-electron chi connectivity index (χ1n) is 11.1. The predicted octanol–water partition coefficient (Wildman–Crippen LogP) is 7.53. The van der Waals surface area contributed by atoms with E-state index in [1.54, 1.807) is 11.1 Å². The number of hydrogen-bond donors (Lipinski definition) is 0. The third-order valence-electron chi connectivity index (χ3n) is 6.40. The Morgan fingerprint density at radius 1 is 0.750 bits per heavy atom. The maximum absolute atomic E-state index is 2.44. The van der Waals surface area contributed by atoms with Crippen molar-refractivity contribution >= 4 is 0 Å². The van der Waals surface area contributed by atoms with Crippen LogP contribution < -0.4 is 0 Å². The Labute approximate surface area is 170 Å². The van der Waals surface area contributed by atoms with E-state index in [1.807, 2.05) is 0 Å². The molecule has 0 saturated heterocycles. The zero-order valence-electron chi connectivity index (χ0n) is 17.4. The summed E-state index contributed by atoms with van der Waals surface area (Å²) in [7, 11) is 0. The molecule has 0 aliphatic heterocycles. The quantitative estimate of drug-likeness (QED) is 0.422. The van der Waals surface area contributed by atoms with Crippen LogP contribution in [0.1, 0.15) is 66.8 Å². The first-order valence-corrected chi connectivity index (χ1v) is 11.1.